The molecule has 20 heavy (non-hydrogen) atoms. The first-order valence-electron chi connectivity index (χ1n) is 6.51. The third kappa shape index (κ3) is 3.23. The van der Waals surface area contributed by atoms with Crippen LogP contribution in [0.5, 0.6) is 0 Å². The highest BCUT2D eigenvalue weighted by Gasteiger charge is 2.12. The maximum absolute atomic E-state index is 5.52. The number of aryl methyl sites for hydroxylation is 1. The molecule has 0 bridgehead atoms. The number of hydrazine groups is 1. The first kappa shape index (κ1) is 14.7. The van der Waals surface area contributed by atoms with Gasteiger partial charge in [0.2, 0.25) is 0 Å². The van der Waals surface area contributed by atoms with Crippen molar-refractivity contribution in [2.45, 2.75) is 40.2 Å². The largest absolute Gasteiger partial charge is 0.363 e. The van der Waals surface area contributed by atoms with Gasteiger partial charge in [0.05, 0.1) is 6.54 Å². The summed E-state index contributed by atoms with van der Waals surface area (Å²) in [6, 6.07) is 0. The number of nitrogens with two attached hydrogens (primary N) is 1. The summed E-state index contributed by atoms with van der Waals surface area (Å²) in [5.74, 6) is 7.98. The molecular formula is C13H20N6S. The number of hydrogen-bond donors (Lipinski definition) is 3. The predicted octanol–water partition coefficient (Wildman–Crippen LogP) is 2.57. The maximum Gasteiger partial charge on any atom is 0.148 e. The van der Waals surface area contributed by atoms with Crippen LogP contribution in [0.4, 0.5) is 11.6 Å². The lowest BCUT2D eigenvalue weighted by Gasteiger charge is -2.14. The Hall–Kier alpha value is -1.73. The van der Waals surface area contributed by atoms with Gasteiger partial charge in [0.15, 0.2) is 0 Å². The number of anilines is 2. The summed E-state index contributed by atoms with van der Waals surface area (Å²) < 4.78 is 0. The van der Waals surface area contributed by atoms with E-state index < -0.39 is 0 Å². The first-order chi connectivity index (χ1) is 9.51. The van der Waals surface area contributed by atoms with Gasteiger partial charge < -0.3 is 10.7 Å². The molecule has 4 N–H and O–H groups in total. The van der Waals surface area contributed by atoms with Gasteiger partial charge in [-0.25, -0.2) is 20.8 Å². The van der Waals surface area contributed by atoms with Crippen molar-refractivity contribution in [3.63, 3.8) is 0 Å². The van der Waals surface area contributed by atoms with Crippen molar-refractivity contribution in [1.82, 2.24) is 15.0 Å². The van der Waals surface area contributed by atoms with Gasteiger partial charge in [-0.2, -0.15) is 0 Å². The van der Waals surface area contributed by atoms with Crippen LogP contribution in [-0.4, -0.2) is 15.0 Å². The zero-order chi connectivity index (χ0) is 14.7. The molecule has 0 aliphatic carbocycles. The van der Waals surface area contributed by atoms with Gasteiger partial charge in [0.25, 0.3) is 0 Å². The fourth-order valence-electron chi connectivity index (χ4n) is 1.75. The molecule has 0 saturated heterocycles. The number of hydrogen-bond acceptors (Lipinski definition) is 7. The van der Waals surface area contributed by atoms with Gasteiger partial charge in [0.1, 0.15) is 22.5 Å². The molecule has 0 radical (unpaired) electrons. The number of rotatable bonds is 5. The molecule has 6 nitrogen and oxygen atoms in total. The molecule has 108 valence electrons. The Bertz CT molecular complexity index is 593. The number of nitrogens with one attached hydrogen (secondary N) is 2. The number of aromatic nitrogens is 3. The van der Waals surface area contributed by atoms with Crippen molar-refractivity contribution in [1.29, 1.82) is 0 Å². The summed E-state index contributed by atoms with van der Waals surface area (Å²) in [7, 11) is 0. The monoisotopic (exact) mass is 292 g/mol. The van der Waals surface area contributed by atoms with E-state index in [2.05, 4.69) is 39.5 Å². The summed E-state index contributed by atoms with van der Waals surface area (Å²) >= 11 is 1.64. The summed E-state index contributed by atoms with van der Waals surface area (Å²) in [5.41, 5.74) is 4.58. The Balaban J connectivity index is 2.23. The van der Waals surface area contributed by atoms with E-state index in [-0.39, 0.29) is 5.92 Å². The second-order valence-corrected chi connectivity index (χ2v) is 5.88. The highest BCUT2D eigenvalue weighted by atomic mass is 32.1. The molecule has 0 fully saturated rings. The topological polar surface area (TPSA) is 88.8 Å². The Morgan fingerprint density at radius 3 is 2.45 bits per heavy atom. The Morgan fingerprint density at radius 1 is 1.20 bits per heavy atom. The van der Waals surface area contributed by atoms with E-state index in [1.165, 1.54) is 0 Å². The molecule has 7 heteroatoms. The smallest absolute Gasteiger partial charge is 0.148 e. The van der Waals surface area contributed by atoms with Crippen molar-refractivity contribution in [2.75, 3.05) is 10.7 Å². The van der Waals surface area contributed by atoms with Gasteiger partial charge in [-0.3, -0.25) is 0 Å². The molecule has 0 spiro atoms. The third-order valence-electron chi connectivity index (χ3n) is 2.89. The van der Waals surface area contributed by atoms with Gasteiger partial charge in [0, 0.05) is 22.6 Å². The summed E-state index contributed by atoms with van der Waals surface area (Å²) in [4.78, 5) is 13.4. The molecule has 0 aliphatic rings. The Morgan fingerprint density at radius 2 is 1.90 bits per heavy atom. The summed E-state index contributed by atoms with van der Waals surface area (Å²) in [5, 5.41) is 6.39. The lowest BCUT2D eigenvalue weighted by molar-refractivity contribution is 0.772. The molecule has 2 aromatic rings. The molecule has 0 aromatic carbocycles. The van der Waals surface area contributed by atoms with Crippen LogP contribution in [-0.2, 0) is 6.54 Å². The van der Waals surface area contributed by atoms with E-state index in [1.807, 2.05) is 19.2 Å². The SMILES string of the molecule is Cc1csc(CNc2nc(C(C)C)nc(NN)c2C)n1. The van der Waals surface area contributed by atoms with Gasteiger partial charge in [-0.1, -0.05) is 13.8 Å². The fourth-order valence-corrected chi connectivity index (χ4v) is 2.46. The molecule has 0 aliphatic heterocycles. The average molecular weight is 292 g/mol. The Labute approximate surface area is 122 Å². The van der Waals surface area contributed by atoms with E-state index >= 15 is 0 Å². The van der Waals surface area contributed by atoms with Gasteiger partial charge in [-0.05, 0) is 13.8 Å². The normalized spacial score (nSPS) is 10.9. The van der Waals surface area contributed by atoms with Crippen LogP contribution < -0.4 is 16.6 Å². The zero-order valence-corrected chi connectivity index (χ0v) is 13.0. The minimum atomic E-state index is 0.241. The second kappa shape index (κ2) is 6.15. The average Bonchev–Trinajstić information content (AvgIpc) is 2.83. The molecule has 2 rings (SSSR count). The van der Waals surface area contributed by atoms with Crippen molar-refractivity contribution >= 4 is 23.0 Å². The van der Waals surface area contributed by atoms with Crippen LogP contribution in [0, 0.1) is 13.8 Å². The molecule has 0 amide bonds. The van der Waals surface area contributed by atoms with Crippen LogP contribution in [0.2, 0.25) is 0 Å². The fraction of sp³-hybridized carbons (Fsp3) is 0.462. The predicted molar refractivity (Wildman–Crippen MR) is 82.8 cm³/mol. The number of nitrogen functional groups attached to an aromatic ring is 1. The van der Waals surface area contributed by atoms with Crippen molar-refractivity contribution in [3.8, 4) is 0 Å². The third-order valence-corrected chi connectivity index (χ3v) is 3.86. The molecular weight excluding hydrogens is 272 g/mol. The second-order valence-electron chi connectivity index (χ2n) is 4.94. The van der Waals surface area contributed by atoms with Crippen LogP contribution in [0.1, 0.15) is 41.9 Å². The molecule has 0 atom stereocenters. The molecule has 2 aromatic heterocycles. The maximum atomic E-state index is 5.52. The zero-order valence-electron chi connectivity index (χ0n) is 12.2. The molecule has 2 heterocycles. The van der Waals surface area contributed by atoms with Crippen LogP contribution in [0.25, 0.3) is 0 Å². The number of nitrogens with zero attached hydrogens (tertiary/aromatic N) is 3. The molecule has 0 saturated carbocycles. The van der Waals surface area contributed by atoms with Crippen molar-refractivity contribution < 1.29 is 0 Å². The van der Waals surface area contributed by atoms with Crippen LogP contribution in [0.3, 0.4) is 0 Å². The standard InChI is InChI=1S/C13H20N6S/c1-7(2)11-17-12(9(4)13(18-11)19-14)15-5-10-16-8(3)6-20-10/h6-7H,5,14H2,1-4H3,(H2,15,17,18,19). The minimum absolute atomic E-state index is 0.241. The highest BCUT2D eigenvalue weighted by molar-refractivity contribution is 7.09. The quantitative estimate of drug-likeness (QED) is 0.580. The van der Waals surface area contributed by atoms with E-state index in [1.54, 1.807) is 11.3 Å². The van der Waals surface area contributed by atoms with E-state index in [0.717, 1.165) is 27.9 Å². The summed E-state index contributed by atoms with van der Waals surface area (Å²) in [6.45, 7) is 8.69. The number of thiazole rings is 1. The molecule has 0 unspecified atom stereocenters. The Kier molecular flexibility index (Phi) is 4.51. The highest BCUT2D eigenvalue weighted by Crippen LogP contribution is 2.23. The van der Waals surface area contributed by atoms with Crippen molar-refractivity contribution in [3.05, 3.63) is 27.5 Å². The van der Waals surface area contributed by atoms with Crippen LogP contribution >= 0.6 is 11.3 Å². The van der Waals surface area contributed by atoms with Gasteiger partial charge >= 0.3 is 0 Å². The first-order valence-corrected chi connectivity index (χ1v) is 7.39. The minimum Gasteiger partial charge on any atom is -0.363 e. The lowest BCUT2D eigenvalue weighted by Crippen LogP contribution is -2.15. The summed E-state index contributed by atoms with van der Waals surface area (Å²) in [6.07, 6.45) is 0. The van der Waals surface area contributed by atoms with E-state index in [9.17, 15) is 0 Å². The van der Waals surface area contributed by atoms with Gasteiger partial charge in [-0.15, -0.1) is 11.3 Å². The van der Waals surface area contributed by atoms with E-state index in [0.29, 0.717) is 12.4 Å². The van der Waals surface area contributed by atoms with E-state index in [4.69, 9.17) is 5.84 Å². The van der Waals surface area contributed by atoms with Crippen molar-refractivity contribution in [2.24, 2.45) is 5.84 Å². The lowest BCUT2D eigenvalue weighted by atomic mass is 10.2. The van der Waals surface area contributed by atoms with Crippen LogP contribution in [0.15, 0.2) is 5.38 Å².